The molecule has 1 fully saturated rings. The average molecular weight is 360 g/mol. The number of likely N-dealkylation sites (tertiary alicyclic amines) is 1. The molecular formula is C18H15F3N4O. The van der Waals surface area contributed by atoms with Crippen LogP contribution >= 0.6 is 0 Å². The molecular weight excluding hydrogens is 345 g/mol. The molecule has 0 bridgehead atoms. The lowest BCUT2D eigenvalue weighted by Crippen LogP contribution is -2.36. The van der Waals surface area contributed by atoms with Crippen LogP contribution in [0.4, 0.5) is 13.2 Å². The molecule has 0 aliphatic carbocycles. The zero-order valence-corrected chi connectivity index (χ0v) is 13.6. The van der Waals surface area contributed by atoms with Gasteiger partial charge in [0.25, 0.3) is 5.91 Å². The van der Waals surface area contributed by atoms with Crippen molar-refractivity contribution in [2.45, 2.75) is 18.6 Å². The van der Waals surface area contributed by atoms with E-state index in [0.29, 0.717) is 30.6 Å². The van der Waals surface area contributed by atoms with E-state index in [4.69, 9.17) is 5.26 Å². The zero-order chi connectivity index (χ0) is 18.7. The lowest BCUT2D eigenvalue weighted by Gasteiger charge is -2.13. The van der Waals surface area contributed by atoms with Crippen LogP contribution in [0.5, 0.6) is 0 Å². The van der Waals surface area contributed by atoms with Gasteiger partial charge < -0.3 is 10.2 Å². The molecule has 1 aliphatic rings. The van der Waals surface area contributed by atoms with Gasteiger partial charge in [0.15, 0.2) is 6.19 Å². The Labute approximate surface area is 148 Å². The summed E-state index contributed by atoms with van der Waals surface area (Å²) in [5.41, 5.74) is 0.199. The molecule has 8 heteroatoms. The number of nitrogens with one attached hydrogen (secondary N) is 1. The Morgan fingerprint density at radius 1 is 1.27 bits per heavy atom. The first-order valence-corrected chi connectivity index (χ1v) is 7.96. The average Bonchev–Trinajstić information content (AvgIpc) is 3.09. The summed E-state index contributed by atoms with van der Waals surface area (Å²) in [6.07, 6.45) is -0.354. The number of nitrogens with zero attached hydrogens (tertiary/aromatic N) is 3. The number of benzene rings is 1. The summed E-state index contributed by atoms with van der Waals surface area (Å²) in [7, 11) is 0. The fraction of sp³-hybridized carbons (Fsp3) is 0.278. The minimum absolute atomic E-state index is 0.121. The van der Waals surface area contributed by atoms with Crippen molar-refractivity contribution in [1.29, 1.82) is 5.26 Å². The summed E-state index contributed by atoms with van der Waals surface area (Å²) in [5, 5.41) is 11.6. The molecule has 2 heterocycles. The monoisotopic (exact) mass is 360 g/mol. The van der Waals surface area contributed by atoms with Gasteiger partial charge in [-0.1, -0.05) is 12.1 Å². The fourth-order valence-electron chi connectivity index (χ4n) is 2.84. The molecule has 1 aromatic heterocycles. The van der Waals surface area contributed by atoms with E-state index in [1.807, 2.05) is 6.19 Å². The number of carbonyl (C=O) groups is 1. The highest BCUT2D eigenvalue weighted by Gasteiger charge is 2.30. The van der Waals surface area contributed by atoms with Crippen LogP contribution in [0.2, 0.25) is 0 Å². The van der Waals surface area contributed by atoms with Gasteiger partial charge in [-0.3, -0.25) is 9.78 Å². The molecule has 1 amide bonds. The first kappa shape index (κ1) is 17.7. The SMILES string of the molecule is N#CN1CCC(NC(=O)c2cc(-c3cccc(C(F)(F)F)c3)ccn2)C1. The number of rotatable bonds is 3. The Hall–Kier alpha value is -3.08. The van der Waals surface area contributed by atoms with Gasteiger partial charge in [-0.25, -0.2) is 0 Å². The van der Waals surface area contributed by atoms with Gasteiger partial charge in [-0.05, 0) is 41.8 Å². The highest BCUT2D eigenvalue weighted by atomic mass is 19.4. The van der Waals surface area contributed by atoms with E-state index in [-0.39, 0.29) is 11.7 Å². The minimum atomic E-state index is -4.43. The Morgan fingerprint density at radius 2 is 2.04 bits per heavy atom. The summed E-state index contributed by atoms with van der Waals surface area (Å²) in [4.78, 5) is 17.9. The van der Waals surface area contributed by atoms with E-state index in [9.17, 15) is 18.0 Å². The lowest BCUT2D eigenvalue weighted by atomic mass is 10.0. The van der Waals surface area contributed by atoms with Gasteiger partial charge in [0.1, 0.15) is 5.69 Å². The Balaban J connectivity index is 1.78. The number of nitriles is 1. The zero-order valence-electron chi connectivity index (χ0n) is 13.6. The number of carbonyl (C=O) groups excluding carboxylic acids is 1. The number of hydrogen-bond donors (Lipinski definition) is 1. The number of alkyl halides is 3. The van der Waals surface area contributed by atoms with Gasteiger partial charge in [0.2, 0.25) is 0 Å². The molecule has 1 aromatic carbocycles. The molecule has 0 spiro atoms. The summed E-state index contributed by atoms with van der Waals surface area (Å²) in [6.45, 7) is 1.02. The number of amides is 1. The second-order valence-corrected chi connectivity index (χ2v) is 6.01. The van der Waals surface area contributed by atoms with Gasteiger partial charge >= 0.3 is 6.18 Å². The van der Waals surface area contributed by atoms with Crippen molar-refractivity contribution in [3.8, 4) is 17.3 Å². The fourth-order valence-corrected chi connectivity index (χ4v) is 2.84. The highest BCUT2D eigenvalue weighted by molar-refractivity contribution is 5.93. The predicted octanol–water partition coefficient (Wildman–Crippen LogP) is 3.05. The van der Waals surface area contributed by atoms with Crippen LogP contribution in [0.3, 0.4) is 0 Å². The lowest BCUT2D eigenvalue weighted by molar-refractivity contribution is -0.137. The van der Waals surface area contributed by atoms with Crippen LogP contribution in [-0.4, -0.2) is 34.9 Å². The third-order valence-corrected chi connectivity index (χ3v) is 4.18. The smallest absolute Gasteiger partial charge is 0.346 e. The van der Waals surface area contributed by atoms with Crippen molar-refractivity contribution in [3.05, 3.63) is 53.9 Å². The summed E-state index contributed by atoms with van der Waals surface area (Å²) in [6, 6.07) is 7.78. The van der Waals surface area contributed by atoms with Gasteiger partial charge in [0.05, 0.1) is 5.56 Å². The van der Waals surface area contributed by atoms with Crippen LogP contribution in [-0.2, 0) is 6.18 Å². The summed E-state index contributed by atoms with van der Waals surface area (Å²) >= 11 is 0. The maximum Gasteiger partial charge on any atom is 0.416 e. The largest absolute Gasteiger partial charge is 0.416 e. The second-order valence-electron chi connectivity index (χ2n) is 6.01. The molecule has 1 saturated heterocycles. The molecule has 26 heavy (non-hydrogen) atoms. The predicted molar refractivity (Wildman–Crippen MR) is 87.7 cm³/mol. The van der Waals surface area contributed by atoms with Crippen molar-refractivity contribution in [1.82, 2.24) is 15.2 Å². The van der Waals surface area contributed by atoms with Crippen molar-refractivity contribution in [3.63, 3.8) is 0 Å². The molecule has 1 aliphatic heterocycles. The van der Waals surface area contributed by atoms with Gasteiger partial charge in [0, 0.05) is 25.3 Å². The number of aromatic nitrogens is 1. The Kier molecular flexibility index (Phi) is 4.80. The quantitative estimate of drug-likeness (QED) is 0.855. The normalized spacial score (nSPS) is 17.0. The van der Waals surface area contributed by atoms with Crippen molar-refractivity contribution >= 4 is 5.91 Å². The molecule has 5 nitrogen and oxygen atoms in total. The number of pyridine rings is 1. The van der Waals surface area contributed by atoms with E-state index in [1.54, 1.807) is 17.0 Å². The maximum absolute atomic E-state index is 12.9. The summed E-state index contributed by atoms with van der Waals surface area (Å²) < 4.78 is 38.6. The minimum Gasteiger partial charge on any atom is -0.346 e. The Morgan fingerprint density at radius 3 is 2.73 bits per heavy atom. The van der Waals surface area contributed by atoms with E-state index >= 15 is 0 Å². The van der Waals surface area contributed by atoms with E-state index in [1.165, 1.54) is 18.3 Å². The molecule has 0 saturated carbocycles. The van der Waals surface area contributed by atoms with E-state index in [2.05, 4.69) is 10.3 Å². The van der Waals surface area contributed by atoms with Gasteiger partial charge in [-0.2, -0.15) is 18.4 Å². The molecule has 134 valence electrons. The first-order valence-electron chi connectivity index (χ1n) is 7.96. The van der Waals surface area contributed by atoms with Crippen LogP contribution < -0.4 is 5.32 Å². The molecule has 1 atom stereocenters. The van der Waals surface area contributed by atoms with Crippen LogP contribution in [0.25, 0.3) is 11.1 Å². The highest BCUT2D eigenvalue weighted by Crippen LogP contribution is 2.32. The number of halogens is 3. The van der Waals surface area contributed by atoms with Crippen LogP contribution in [0, 0.1) is 11.5 Å². The number of hydrogen-bond acceptors (Lipinski definition) is 4. The molecule has 1 unspecified atom stereocenters. The van der Waals surface area contributed by atoms with Crippen molar-refractivity contribution in [2.24, 2.45) is 0 Å². The third-order valence-electron chi connectivity index (χ3n) is 4.18. The standard InChI is InChI=1S/C18H15F3N4O/c19-18(20,21)14-3-1-2-12(8-14)13-4-6-23-16(9-13)17(26)24-15-5-7-25(10-15)11-22/h1-4,6,8-9,15H,5,7,10H2,(H,24,26). The Bertz CT molecular complexity index is 860. The molecule has 3 rings (SSSR count). The van der Waals surface area contributed by atoms with E-state index in [0.717, 1.165) is 12.1 Å². The second kappa shape index (κ2) is 7.04. The summed E-state index contributed by atoms with van der Waals surface area (Å²) in [5.74, 6) is -0.413. The first-order chi connectivity index (χ1) is 12.4. The van der Waals surface area contributed by atoms with Crippen molar-refractivity contribution in [2.75, 3.05) is 13.1 Å². The molecule has 2 aromatic rings. The van der Waals surface area contributed by atoms with E-state index < -0.39 is 17.6 Å². The van der Waals surface area contributed by atoms with Crippen LogP contribution in [0.1, 0.15) is 22.5 Å². The van der Waals surface area contributed by atoms with Crippen LogP contribution in [0.15, 0.2) is 42.6 Å². The third kappa shape index (κ3) is 3.94. The topological polar surface area (TPSA) is 69.0 Å². The maximum atomic E-state index is 12.9. The molecule has 1 N–H and O–H groups in total. The van der Waals surface area contributed by atoms with Gasteiger partial charge in [-0.15, -0.1) is 0 Å². The van der Waals surface area contributed by atoms with Crippen molar-refractivity contribution < 1.29 is 18.0 Å². The molecule has 0 radical (unpaired) electrons.